The molecule has 0 atom stereocenters. The number of rotatable bonds is 5. The van der Waals surface area contributed by atoms with Crippen LogP contribution in [0.3, 0.4) is 0 Å². The molecule has 0 saturated carbocycles. The molecule has 4 nitrogen and oxygen atoms in total. The highest BCUT2D eigenvalue weighted by molar-refractivity contribution is 5.79. The van der Waals surface area contributed by atoms with Crippen molar-refractivity contribution in [3.63, 3.8) is 0 Å². The zero-order chi connectivity index (χ0) is 15.1. The van der Waals surface area contributed by atoms with Crippen LogP contribution in [0.4, 0.5) is 4.79 Å². The summed E-state index contributed by atoms with van der Waals surface area (Å²) in [6.07, 6.45) is 1.44. The molecule has 2 aromatic carbocycles. The number of nitrogens with one attached hydrogen (secondary N) is 1. The van der Waals surface area contributed by atoms with Crippen molar-refractivity contribution in [2.45, 2.75) is 19.8 Å². The van der Waals surface area contributed by atoms with Crippen LogP contribution in [0.5, 0.6) is 11.5 Å². The predicted octanol–water partition coefficient (Wildman–Crippen LogP) is 3.95. The van der Waals surface area contributed by atoms with E-state index in [9.17, 15) is 9.90 Å². The number of unbranched alkanes of at least 4 members (excludes halogenated alkanes) is 1. The summed E-state index contributed by atoms with van der Waals surface area (Å²) in [6, 6.07) is 14.1. The molecule has 0 radical (unpaired) electrons. The lowest BCUT2D eigenvalue weighted by atomic mass is 10.0. The molecular formula is C17H19NO3. The van der Waals surface area contributed by atoms with E-state index in [-0.39, 0.29) is 5.75 Å². The predicted molar refractivity (Wildman–Crippen MR) is 82.5 cm³/mol. The third kappa shape index (κ3) is 3.99. The summed E-state index contributed by atoms with van der Waals surface area (Å²) in [5, 5.41) is 12.6. The first-order valence-electron chi connectivity index (χ1n) is 7.05. The molecule has 4 heteroatoms. The van der Waals surface area contributed by atoms with E-state index in [0.29, 0.717) is 23.4 Å². The molecule has 0 saturated heterocycles. The first kappa shape index (κ1) is 14.9. The maximum Gasteiger partial charge on any atom is 0.412 e. The third-order valence-corrected chi connectivity index (χ3v) is 3.08. The van der Waals surface area contributed by atoms with Crippen LogP contribution in [0.2, 0.25) is 0 Å². The average Bonchev–Trinajstić information content (AvgIpc) is 2.49. The number of ether oxygens (including phenoxy) is 1. The van der Waals surface area contributed by atoms with Crippen LogP contribution in [-0.4, -0.2) is 17.7 Å². The first-order chi connectivity index (χ1) is 10.2. The molecule has 0 bridgehead atoms. The number of amides is 1. The van der Waals surface area contributed by atoms with Crippen LogP contribution in [-0.2, 0) is 0 Å². The van der Waals surface area contributed by atoms with Crippen molar-refractivity contribution in [2.75, 3.05) is 6.54 Å². The number of hydrogen-bond acceptors (Lipinski definition) is 3. The Balaban J connectivity index is 2.18. The largest absolute Gasteiger partial charge is 0.507 e. The highest BCUT2D eigenvalue weighted by Crippen LogP contribution is 2.35. The highest BCUT2D eigenvalue weighted by Gasteiger charge is 2.12. The van der Waals surface area contributed by atoms with Gasteiger partial charge in [0.25, 0.3) is 0 Å². The molecule has 2 aromatic rings. The number of phenols is 1. The average molecular weight is 285 g/mol. The SMILES string of the molecule is CCCCNC(=O)Oc1ccccc1-c1ccccc1O. The Morgan fingerprint density at radius 2 is 1.76 bits per heavy atom. The smallest absolute Gasteiger partial charge is 0.412 e. The number of benzene rings is 2. The zero-order valence-corrected chi connectivity index (χ0v) is 12.0. The van der Waals surface area contributed by atoms with Gasteiger partial charge in [-0.15, -0.1) is 0 Å². The van der Waals surface area contributed by atoms with E-state index in [1.165, 1.54) is 0 Å². The van der Waals surface area contributed by atoms with Crippen LogP contribution < -0.4 is 10.1 Å². The summed E-state index contributed by atoms with van der Waals surface area (Å²) in [6.45, 7) is 2.65. The molecule has 0 unspecified atom stereocenters. The van der Waals surface area contributed by atoms with Gasteiger partial charge in [0.2, 0.25) is 0 Å². The Bertz CT molecular complexity index is 610. The number of para-hydroxylation sites is 2. The number of hydrogen-bond donors (Lipinski definition) is 2. The van der Waals surface area contributed by atoms with Gasteiger partial charge >= 0.3 is 6.09 Å². The lowest BCUT2D eigenvalue weighted by Gasteiger charge is -2.11. The molecule has 0 aliphatic heterocycles. The van der Waals surface area contributed by atoms with Crippen molar-refractivity contribution in [1.82, 2.24) is 5.32 Å². The van der Waals surface area contributed by atoms with E-state index in [1.54, 1.807) is 30.3 Å². The standard InChI is InChI=1S/C17H19NO3/c1-2-3-12-18-17(20)21-16-11-7-5-9-14(16)13-8-4-6-10-15(13)19/h4-11,19H,2-3,12H2,1H3,(H,18,20). The molecule has 0 aliphatic rings. The minimum absolute atomic E-state index is 0.153. The summed E-state index contributed by atoms with van der Waals surface area (Å²) in [4.78, 5) is 11.8. The molecule has 21 heavy (non-hydrogen) atoms. The van der Waals surface area contributed by atoms with Gasteiger partial charge in [-0.25, -0.2) is 4.79 Å². The number of carbonyl (C=O) groups excluding carboxylic acids is 1. The van der Waals surface area contributed by atoms with Gasteiger partial charge in [-0.05, 0) is 18.6 Å². The van der Waals surface area contributed by atoms with E-state index in [0.717, 1.165) is 12.8 Å². The van der Waals surface area contributed by atoms with Crippen molar-refractivity contribution in [3.05, 3.63) is 48.5 Å². The minimum atomic E-state index is -0.480. The normalized spacial score (nSPS) is 10.1. The van der Waals surface area contributed by atoms with Crippen molar-refractivity contribution in [1.29, 1.82) is 0 Å². The van der Waals surface area contributed by atoms with Crippen LogP contribution in [0.1, 0.15) is 19.8 Å². The van der Waals surface area contributed by atoms with Gasteiger partial charge in [0.05, 0.1) is 0 Å². The molecule has 0 fully saturated rings. The number of carbonyl (C=O) groups is 1. The molecule has 110 valence electrons. The summed E-state index contributed by atoms with van der Waals surface area (Å²) >= 11 is 0. The van der Waals surface area contributed by atoms with E-state index in [2.05, 4.69) is 12.2 Å². The van der Waals surface area contributed by atoms with Gasteiger partial charge in [-0.1, -0.05) is 49.7 Å². The monoisotopic (exact) mass is 285 g/mol. The summed E-state index contributed by atoms with van der Waals surface area (Å²) in [5.41, 5.74) is 1.32. The van der Waals surface area contributed by atoms with E-state index in [1.807, 2.05) is 18.2 Å². The van der Waals surface area contributed by atoms with Crippen molar-refractivity contribution in [2.24, 2.45) is 0 Å². The Labute approximate surface area is 124 Å². The van der Waals surface area contributed by atoms with Gasteiger partial charge in [-0.2, -0.15) is 0 Å². The molecule has 0 aliphatic carbocycles. The van der Waals surface area contributed by atoms with Crippen molar-refractivity contribution in [3.8, 4) is 22.6 Å². The first-order valence-corrected chi connectivity index (χ1v) is 7.05. The van der Waals surface area contributed by atoms with Crippen LogP contribution in [0.15, 0.2) is 48.5 Å². The number of aromatic hydroxyl groups is 1. The van der Waals surface area contributed by atoms with Crippen LogP contribution in [0, 0.1) is 0 Å². The van der Waals surface area contributed by atoms with Gasteiger partial charge < -0.3 is 15.2 Å². The second kappa shape index (κ2) is 7.33. The van der Waals surface area contributed by atoms with E-state index in [4.69, 9.17) is 4.74 Å². The Morgan fingerprint density at radius 3 is 2.48 bits per heavy atom. The Hall–Kier alpha value is -2.49. The van der Waals surface area contributed by atoms with Gasteiger partial charge in [-0.3, -0.25) is 0 Å². The van der Waals surface area contributed by atoms with Crippen LogP contribution >= 0.6 is 0 Å². The summed E-state index contributed by atoms with van der Waals surface area (Å²) in [7, 11) is 0. The lowest BCUT2D eigenvalue weighted by molar-refractivity contribution is 0.200. The second-order valence-electron chi connectivity index (χ2n) is 4.68. The Kier molecular flexibility index (Phi) is 5.21. The summed E-state index contributed by atoms with van der Waals surface area (Å²) in [5.74, 6) is 0.577. The minimum Gasteiger partial charge on any atom is -0.507 e. The van der Waals surface area contributed by atoms with Gasteiger partial charge in [0.15, 0.2) is 0 Å². The fourth-order valence-electron chi connectivity index (χ4n) is 1.98. The molecular weight excluding hydrogens is 266 g/mol. The lowest BCUT2D eigenvalue weighted by Crippen LogP contribution is -2.27. The molecule has 1 amide bonds. The van der Waals surface area contributed by atoms with E-state index < -0.39 is 6.09 Å². The second-order valence-corrected chi connectivity index (χ2v) is 4.68. The van der Waals surface area contributed by atoms with Crippen molar-refractivity contribution >= 4 is 6.09 Å². The molecule has 2 rings (SSSR count). The van der Waals surface area contributed by atoms with Gasteiger partial charge in [0, 0.05) is 17.7 Å². The van der Waals surface area contributed by atoms with Gasteiger partial charge in [0.1, 0.15) is 11.5 Å². The fraction of sp³-hybridized carbons (Fsp3) is 0.235. The maximum absolute atomic E-state index is 11.8. The maximum atomic E-state index is 11.8. The zero-order valence-electron chi connectivity index (χ0n) is 12.0. The van der Waals surface area contributed by atoms with Crippen molar-refractivity contribution < 1.29 is 14.6 Å². The summed E-state index contributed by atoms with van der Waals surface area (Å²) < 4.78 is 5.34. The topological polar surface area (TPSA) is 58.6 Å². The quantitative estimate of drug-likeness (QED) is 0.818. The Morgan fingerprint density at radius 1 is 1.10 bits per heavy atom. The molecule has 2 N–H and O–H groups in total. The van der Waals surface area contributed by atoms with Crippen LogP contribution in [0.25, 0.3) is 11.1 Å². The highest BCUT2D eigenvalue weighted by atomic mass is 16.6. The third-order valence-electron chi connectivity index (χ3n) is 3.08. The van der Waals surface area contributed by atoms with E-state index >= 15 is 0 Å². The molecule has 0 aromatic heterocycles. The molecule has 0 spiro atoms. The fourth-order valence-corrected chi connectivity index (χ4v) is 1.98. The molecule has 0 heterocycles. The number of phenolic OH excluding ortho intramolecular Hbond substituents is 1.